The van der Waals surface area contributed by atoms with Gasteiger partial charge in [0.25, 0.3) is 0 Å². The van der Waals surface area contributed by atoms with Crippen LogP contribution in [0.4, 0.5) is 17.1 Å². The summed E-state index contributed by atoms with van der Waals surface area (Å²) in [7, 11) is 0. The number of fused-ring (bicyclic) bond motifs is 7. The first-order valence-electron chi connectivity index (χ1n) is 20.4. The van der Waals surface area contributed by atoms with Gasteiger partial charge in [0.1, 0.15) is 0 Å². The molecule has 10 rings (SSSR count). The van der Waals surface area contributed by atoms with Crippen molar-refractivity contribution in [2.24, 2.45) is 0 Å². The first kappa shape index (κ1) is 35.1. The lowest BCUT2D eigenvalue weighted by Crippen LogP contribution is -2.13. The molecule has 0 radical (unpaired) electrons. The van der Waals surface area contributed by atoms with Crippen molar-refractivity contribution in [3.8, 4) is 11.4 Å². The van der Waals surface area contributed by atoms with Gasteiger partial charge in [0.15, 0.2) is 0 Å². The Bertz CT molecular complexity index is 2840. The molecule has 0 fully saturated rings. The molecular weight excluding hydrogens is 691 g/mol. The van der Waals surface area contributed by atoms with Crippen LogP contribution in [-0.2, 0) is 17.3 Å². The Morgan fingerprint density at radius 2 is 0.912 bits per heavy atom. The topological polar surface area (TPSA) is 13.1 Å². The quantitative estimate of drug-likeness (QED) is 0.171. The van der Waals surface area contributed by atoms with Gasteiger partial charge in [-0.15, -0.1) is 0 Å². The number of aromatic nitrogens is 2. The van der Waals surface area contributed by atoms with Crippen LogP contribution in [0.3, 0.4) is 0 Å². The maximum absolute atomic E-state index is 2.51. The minimum Gasteiger partial charge on any atom is -0.310 e. The van der Waals surface area contributed by atoms with Crippen LogP contribution in [0, 0.1) is 0 Å². The Morgan fingerprint density at radius 3 is 1.39 bits per heavy atom. The molecule has 0 saturated heterocycles. The molecule has 0 bridgehead atoms. The van der Waals surface area contributed by atoms with E-state index in [1.54, 1.807) is 0 Å². The summed E-state index contributed by atoms with van der Waals surface area (Å²) in [5, 5.41) is 5.04. The molecule has 0 spiro atoms. The van der Waals surface area contributed by atoms with Crippen LogP contribution in [0.2, 0.25) is 0 Å². The number of nitrogens with zero attached hydrogens (tertiary/aromatic N) is 3. The minimum atomic E-state index is 0.0235. The average Bonchev–Trinajstić information content (AvgIpc) is 3.72. The van der Waals surface area contributed by atoms with E-state index >= 15 is 0 Å². The van der Waals surface area contributed by atoms with Gasteiger partial charge in [0, 0.05) is 49.9 Å². The van der Waals surface area contributed by atoms with Crippen LogP contribution in [-0.4, -0.2) is 9.13 Å². The van der Waals surface area contributed by atoms with Gasteiger partial charge in [-0.2, -0.15) is 0 Å². The van der Waals surface area contributed by atoms with E-state index in [9.17, 15) is 0 Å². The van der Waals surface area contributed by atoms with Gasteiger partial charge < -0.3 is 14.0 Å². The summed E-state index contributed by atoms with van der Waals surface area (Å²) < 4.78 is 4.85. The smallest absolute Gasteiger partial charge is 0.0542 e. The molecule has 0 amide bonds. The summed E-state index contributed by atoms with van der Waals surface area (Å²) in [6.07, 6.45) is 6.79. The molecule has 0 saturated carbocycles. The monoisotopic (exact) mass is 739 g/mol. The molecular formula is C54H49N3. The van der Waals surface area contributed by atoms with E-state index in [-0.39, 0.29) is 10.8 Å². The lowest BCUT2D eigenvalue weighted by atomic mass is 9.86. The van der Waals surface area contributed by atoms with E-state index in [1.165, 1.54) is 82.9 Å². The molecule has 0 N–H and O–H groups in total. The van der Waals surface area contributed by atoms with Crippen molar-refractivity contribution in [2.45, 2.75) is 65.2 Å². The molecule has 9 aromatic rings. The van der Waals surface area contributed by atoms with Gasteiger partial charge in [0.2, 0.25) is 0 Å². The largest absolute Gasteiger partial charge is 0.310 e. The summed E-state index contributed by atoms with van der Waals surface area (Å²) in [5.41, 5.74) is 16.1. The Morgan fingerprint density at radius 1 is 0.456 bits per heavy atom. The Hall–Kier alpha value is -6.32. The van der Waals surface area contributed by atoms with E-state index in [0.717, 1.165) is 24.2 Å². The van der Waals surface area contributed by atoms with Crippen LogP contribution in [0.1, 0.15) is 70.2 Å². The molecule has 280 valence electrons. The molecule has 7 aromatic carbocycles. The first-order chi connectivity index (χ1) is 27.5. The second-order valence-electron chi connectivity index (χ2n) is 17.8. The van der Waals surface area contributed by atoms with Crippen LogP contribution < -0.4 is 4.90 Å². The molecule has 0 aliphatic heterocycles. The third-order valence-electron chi connectivity index (χ3n) is 12.1. The fraction of sp³-hybridized carbons (Fsp3) is 0.185. The Balaban J connectivity index is 1.27. The third kappa shape index (κ3) is 5.87. The number of anilines is 3. The zero-order valence-corrected chi connectivity index (χ0v) is 33.8. The SMILES string of the molecule is CC(C)(C)c1ccc2c(c1)c1cc(N(c3ccc4c(c3)c3cc(C(C)(C)C)ccc3n4-c3ccccc3)c3cccc4c3C=CCC4)ccc1n2-c1ccccc1. The maximum atomic E-state index is 2.51. The fourth-order valence-corrected chi connectivity index (χ4v) is 9.02. The van der Waals surface area contributed by atoms with Gasteiger partial charge >= 0.3 is 0 Å². The minimum absolute atomic E-state index is 0.0235. The van der Waals surface area contributed by atoms with Gasteiger partial charge in [0.05, 0.1) is 27.8 Å². The zero-order valence-electron chi connectivity index (χ0n) is 33.8. The van der Waals surface area contributed by atoms with Crippen molar-refractivity contribution in [2.75, 3.05) is 4.90 Å². The third-order valence-corrected chi connectivity index (χ3v) is 12.1. The first-order valence-corrected chi connectivity index (χ1v) is 20.4. The molecule has 57 heavy (non-hydrogen) atoms. The van der Waals surface area contributed by atoms with Crippen LogP contribution in [0.15, 0.2) is 158 Å². The second-order valence-corrected chi connectivity index (χ2v) is 17.8. The predicted octanol–water partition coefficient (Wildman–Crippen LogP) is 14.9. The lowest BCUT2D eigenvalue weighted by molar-refractivity contribution is 0.591. The van der Waals surface area contributed by atoms with Crippen LogP contribution >= 0.6 is 0 Å². The summed E-state index contributed by atoms with van der Waals surface area (Å²) in [6.45, 7) is 13.8. The van der Waals surface area contributed by atoms with Crippen molar-refractivity contribution in [1.82, 2.24) is 9.13 Å². The summed E-state index contributed by atoms with van der Waals surface area (Å²) in [5.74, 6) is 0. The van der Waals surface area contributed by atoms with Gasteiger partial charge in [-0.1, -0.05) is 114 Å². The zero-order chi connectivity index (χ0) is 39.1. The van der Waals surface area contributed by atoms with Crippen molar-refractivity contribution in [3.05, 3.63) is 180 Å². The second kappa shape index (κ2) is 13.1. The van der Waals surface area contributed by atoms with Crippen molar-refractivity contribution in [3.63, 3.8) is 0 Å². The van der Waals surface area contributed by atoms with E-state index in [1.807, 2.05) is 0 Å². The van der Waals surface area contributed by atoms with Crippen molar-refractivity contribution < 1.29 is 0 Å². The van der Waals surface area contributed by atoms with Crippen LogP contribution in [0.5, 0.6) is 0 Å². The van der Waals surface area contributed by atoms with Gasteiger partial charge in [-0.05, 0) is 131 Å². The maximum Gasteiger partial charge on any atom is 0.0542 e. The number of rotatable bonds is 5. The highest BCUT2D eigenvalue weighted by Crippen LogP contribution is 2.45. The highest BCUT2D eigenvalue weighted by atomic mass is 15.1. The van der Waals surface area contributed by atoms with E-state index in [0.29, 0.717) is 0 Å². The highest BCUT2D eigenvalue weighted by Gasteiger charge is 2.24. The summed E-state index contributed by atoms with van der Waals surface area (Å²) >= 11 is 0. The lowest BCUT2D eigenvalue weighted by Gasteiger charge is -2.29. The number of aryl methyl sites for hydroxylation is 1. The van der Waals surface area contributed by atoms with Gasteiger partial charge in [-0.25, -0.2) is 0 Å². The van der Waals surface area contributed by atoms with Crippen molar-refractivity contribution in [1.29, 1.82) is 0 Å². The van der Waals surface area contributed by atoms with E-state index in [2.05, 4.69) is 219 Å². The predicted molar refractivity (Wildman–Crippen MR) is 245 cm³/mol. The number of hydrogen-bond acceptors (Lipinski definition) is 1. The molecule has 0 atom stereocenters. The summed E-state index contributed by atoms with van der Waals surface area (Å²) in [4.78, 5) is 2.51. The Kier molecular flexibility index (Phi) is 8.09. The normalized spacial score (nSPS) is 13.2. The number of hydrogen-bond donors (Lipinski definition) is 0. The highest BCUT2D eigenvalue weighted by molar-refractivity contribution is 6.13. The van der Waals surface area contributed by atoms with E-state index in [4.69, 9.17) is 0 Å². The molecule has 3 nitrogen and oxygen atoms in total. The molecule has 2 heterocycles. The number of allylic oxidation sites excluding steroid dienone is 1. The van der Waals surface area contributed by atoms with Gasteiger partial charge in [-0.3, -0.25) is 0 Å². The molecule has 1 aliphatic rings. The fourth-order valence-electron chi connectivity index (χ4n) is 9.02. The molecule has 2 aromatic heterocycles. The Labute approximate surface area is 336 Å². The average molecular weight is 740 g/mol. The molecule has 3 heteroatoms. The summed E-state index contributed by atoms with van der Waals surface area (Å²) in [6, 6.07) is 56.7. The van der Waals surface area contributed by atoms with E-state index < -0.39 is 0 Å². The molecule has 1 aliphatic carbocycles. The standard InChI is InChI=1S/C54H49N3/c1-53(2,3)37-24-28-49-44(32-37)46-34-41(26-30-51(46)56(49)39-18-9-7-10-19-39)55(48-23-15-17-36-16-13-14-22-43(36)48)42-27-31-52-47(35-42)45-33-38(54(4,5)6)25-29-50(45)57(52)40-20-11-8-12-21-40/h7-12,14-15,17-35H,13,16H2,1-6H3. The molecule has 0 unspecified atom stereocenters. The number of benzene rings is 7. The van der Waals surface area contributed by atoms with Crippen LogP contribution in [0.25, 0.3) is 61.1 Å². The number of para-hydroxylation sites is 2. The van der Waals surface area contributed by atoms with Crippen molar-refractivity contribution >= 4 is 66.7 Å².